The molecule has 1 aromatic carbocycles. The number of aryl methyl sites for hydroxylation is 3. The van der Waals surface area contributed by atoms with E-state index in [1.807, 2.05) is 13.0 Å². The van der Waals surface area contributed by atoms with Crippen molar-refractivity contribution in [2.24, 2.45) is 7.05 Å². The average molecular weight is 280 g/mol. The van der Waals surface area contributed by atoms with Crippen molar-refractivity contribution >= 4 is 16.6 Å². The smallest absolute Gasteiger partial charge is 0.158 e. The lowest BCUT2D eigenvalue weighted by Crippen LogP contribution is -2.09. The molecule has 0 aliphatic heterocycles. The Kier molecular flexibility index (Phi) is 3.37. The lowest BCUT2D eigenvalue weighted by atomic mass is 10.1. The molecule has 108 valence electrons. The molecule has 1 atom stereocenters. The Bertz CT molecular complexity index is 774. The first-order chi connectivity index (χ1) is 10.1. The number of benzene rings is 1. The zero-order valence-corrected chi connectivity index (χ0v) is 12.9. The van der Waals surface area contributed by atoms with Gasteiger partial charge in [0.05, 0.1) is 11.7 Å². The first-order valence-corrected chi connectivity index (χ1v) is 7.18. The van der Waals surface area contributed by atoms with Gasteiger partial charge in [0.1, 0.15) is 0 Å². The van der Waals surface area contributed by atoms with Crippen LogP contribution in [0.25, 0.3) is 10.8 Å². The van der Waals surface area contributed by atoms with E-state index < -0.39 is 0 Å². The summed E-state index contributed by atoms with van der Waals surface area (Å²) in [6, 6.07) is 10.6. The fourth-order valence-corrected chi connectivity index (χ4v) is 2.66. The van der Waals surface area contributed by atoms with E-state index in [4.69, 9.17) is 0 Å². The molecule has 1 unspecified atom stereocenters. The predicted molar refractivity (Wildman–Crippen MR) is 86.5 cm³/mol. The molecule has 0 amide bonds. The van der Waals surface area contributed by atoms with Crippen LogP contribution in [0.4, 0.5) is 5.82 Å². The lowest BCUT2D eigenvalue weighted by molar-refractivity contribution is 0.860. The van der Waals surface area contributed by atoms with E-state index >= 15 is 0 Å². The fraction of sp³-hybridized carbons (Fsp3) is 0.294. The maximum atomic E-state index is 4.37. The van der Waals surface area contributed by atoms with Crippen molar-refractivity contribution < 1.29 is 0 Å². The van der Waals surface area contributed by atoms with E-state index in [1.54, 1.807) is 0 Å². The second kappa shape index (κ2) is 5.20. The Hall–Kier alpha value is -2.36. The number of hydrogen-bond donors (Lipinski definition) is 1. The van der Waals surface area contributed by atoms with Crippen LogP contribution in [0, 0.1) is 13.8 Å². The molecule has 0 saturated carbocycles. The third-order valence-electron chi connectivity index (χ3n) is 4.06. The summed E-state index contributed by atoms with van der Waals surface area (Å²) in [6.45, 7) is 6.25. The molecule has 0 fully saturated rings. The second-order valence-corrected chi connectivity index (χ2v) is 5.52. The number of aromatic nitrogens is 3. The zero-order valence-electron chi connectivity index (χ0n) is 12.9. The molecule has 2 heterocycles. The molecule has 0 bridgehead atoms. The summed E-state index contributed by atoms with van der Waals surface area (Å²) >= 11 is 0. The Balaban J connectivity index is 2.03. The lowest BCUT2D eigenvalue weighted by Gasteiger charge is -2.16. The SMILES string of the molecule is Cc1nnc(NC(C)c2ccccc2)c2c(C)n(C)cc12. The van der Waals surface area contributed by atoms with Gasteiger partial charge in [0.2, 0.25) is 0 Å². The number of anilines is 1. The van der Waals surface area contributed by atoms with Gasteiger partial charge in [0.15, 0.2) is 5.82 Å². The van der Waals surface area contributed by atoms with Gasteiger partial charge in [-0.3, -0.25) is 0 Å². The normalized spacial score (nSPS) is 12.6. The van der Waals surface area contributed by atoms with Crippen LogP contribution in [0.3, 0.4) is 0 Å². The number of hydrogen-bond acceptors (Lipinski definition) is 3. The Morgan fingerprint density at radius 2 is 1.81 bits per heavy atom. The minimum absolute atomic E-state index is 0.186. The van der Waals surface area contributed by atoms with Crippen molar-refractivity contribution in [1.82, 2.24) is 14.8 Å². The van der Waals surface area contributed by atoms with Gasteiger partial charge < -0.3 is 9.88 Å². The van der Waals surface area contributed by atoms with Crippen LogP contribution in [0.5, 0.6) is 0 Å². The van der Waals surface area contributed by atoms with E-state index in [9.17, 15) is 0 Å². The van der Waals surface area contributed by atoms with Crippen LogP contribution >= 0.6 is 0 Å². The van der Waals surface area contributed by atoms with Gasteiger partial charge in [-0.05, 0) is 26.3 Å². The summed E-state index contributed by atoms with van der Waals surface area (Å²) < 4.78 is 2.12. The van der Waals surface area contributed by atoms with Gasteiger partial charge in [-0.2, -0.15) is 5.10 Å². The quantitative estimate of drug-likeness (QED) is 0.794. The largest absolute Gasteiger partial charge is 0.361 e. The van der Waals surface area contributed by atoms with Gasteiger partial charge in [-0.1, -0.05) is 30.3 Å². The highest BCUT2D eigenvalue weighted by molar-refractivity contribution is 5.95. The Labute approximate surface area is 124 Å². The van der Waals surface area contributed by atoms with Gasteiger partial charge in [0.25, 0.3) is 0 Å². The van der Waals surface area contributed by atoms with Crippen LogP contribution in [-0.2, 0) is 7.05 Å². The number of fused-ring (bicyclic) bond motifs is 1. The van der Waals surface area contributed by atoms with Gasteiger partial charge in [0, 0.05) is 29.7 Å². The van der Waals surface area contributed by atoms with Crippen LogP contribution in [-0.4, -0.2) is 14.8 Å². The molecule has 0 spiro atoms. The van der Waals surface area contributed by atoms with E-state index in [1.165, 1.54) is 11.3 Å². The molecule has 0 saturated heterocycles. The molecule has 0 aliphatic carbocycles. The highest BCUT2D eigenvalue weighted by Gasteiger charge is 2.15. The van der Waals surface area contributed by atoms with Crippen molar-refractivity contribution in [1.29, 1.82) is 0 Å². The van der Waals surface area contributed by atoms with Crippen LogP contribution in [0.1, 0.15) is 29.9 Å². The molecule has 21 heavy (non-hydrogen) atoms. The van der Waals surface area contributed by atoms with Gasteiger partial charge in [-0.15, -0.1) is 5.10 Å². The molecular formula is C17H20N4. The molecule has 2 aromatic heterocycles. The van der Waals surface area contributed by atoms with Crippen molar-refractivity contribution in [2.75, 3.05) is 5.32 Å². The van der Waals surface area contributed by atoms with E-state index in [0.29, 0.717) is 0 Å². The molecular weight excluding hydrogens is 260 g/mol. The van der Waals surface area contributed by atoms with E-state index in [-0.39, 0.29) is 6.04 Å². The molecule has 1 N–H and O–H groups in total. The van der Waals surface area contributed by atoms with Crippen LogP contribution in [0.2, 0.25) is 0 Å². The van der Waals surface area contributed by atoms with Crippen molar-refractivity contribution in [3.05, 3.63) is 53.5 Å². The number of nitrogens with zero attached hydrogens (tertiary/aromatic N) is 3. The Morgan fingerprint density at radius 1 is 1.10 bits per heavy atom. The minimum atomic E-state index is 0.186. The third kappa shape index (κ3) is 2.37. The van der Waals surface area contributed by atoms with Crippen molar-refractivity contribution in [3.63, 3.8) is 0 Å². The van der Waals surface area contributed by atoms with Crippen LogP contribution in [0.15, 0.2) is 36.5 Å². The number of nitrogens with one attached hydrogen (secondary N) is 1. The summed E-state index contributed by atoms with van der Waals surface area (Å²) in [5, 5.41) is 14.5. The zero-order chi connectivity index (χ0) is 15.0. The molecule has 4 nitrogen and oxygen atoms in total. The molecule has 4 heteroatoms. The molecule has 3 rings (SSSR count). The van der Waals surface area contributed by atoms with Gasteiger partial charge >= 0.3 is 0 Å². The summed E-state index contributed by atoms with van der Waals surface area (Å²) in [4.78, 5) is 0. The topological polar surface area (TPSA) is 42.7 Å². The first-order valence-electron chi connectivity index (χ1n) is 7.18. The predicted octanol–water partition coefficient (Wildman–Crippen LogP) is 3.76. The Morgan fingerprint density at radius 3 is 2.52 bits per heavy atom. The third-order valence-corrected chi connectivity index (χ3v) is 4.06. The summed E-state index contributed by atoms with van der Waals surface area (Å²) in [6.07, 6.45) is 2.12. The van der Waals surface area contributed by atoms with Crippen molar-refractivity contribution in [3.8, 4) is 0 Å². The summed E-state index contributed by atoms with van der Waals surface area (Å²) in [5.41, 5.74) is 3.40. The average Bonchev–Trinajstić information content (AvgIpc) is 2.80. The van der Waals surface area contributed by atoms with Gasteiger partial charge in [-0.25, -0.2) is 0 Å². The van der Waals surface area contributed by atoms with E-state index in [2.05, 4.69) is 71.4 Å². The maximum Gasteiger partial charge on any atom is 0.158 e. The van der Waals surface area contributed by atoms with Crippen molar-refractivity contribution in [2.45, 2.75) is 26.8 Å². The maximum absolute atomic E-state index is 4.37. The molecule has 0 radical (unpaired) electrons. The highest BCUT2D eigenvalue weighted by atomic mass is 15.2. The van der Waals surface area contributed by atoms with E-state index in [0.717, 1.165) is 22.3 Å². The monoisotopic (exact) mass is 280 g/mol. The summed E-state index contributed by atoms with van der Waals surface area (Å²) in [5.74, 6) is 0.852. The standard InChI is InChI=1S/C17H20N4/c1-11(14-8-6-5-7-9-14)18-17-16-13(3)21(4)10-15(16)12(2)19-20-17/h5-11H,1-4H3,(H,18,20). The first kappa shape index (κ1) is 13.6. The summed E-state index contributed by atoms with van der Waals surface area (Å²) in [7, 11) is 2.05. The van der Waals surface area contributed by atoms with Crippen LogP contribution < -0.4 is 5.32 Å². The highest BCUT2D eigenvalue weighted by Crippen LogP contribution is 2.29. The fourth-order valence-electron chi connectivity index (χ4n) is 2.66. The molecule has 0 aliphatic rings. The minimum Gasteiger partial charge on any atom is -0.361 e. The second-order valence-electron chi connectivity index (χ2n) is 5.52. The number of rotatable bonds is 3. The molecule has 3 aromatic rings.